The van der Waals surface area contributed by atoms with Gasteiger partial charge < -0.3 is 24.1 Å². The highest BCUT2D eigenvalue weighted by Gasteiger charge is 2.43. The van der Waals surface area contributed by atoms with Gasteiger partial charge in [-0.2, -0.15) is 0 Å². The summed E-state index contributed by atoms with van der Waals surface area (Å²) in [5.74, 6) is 4.87. The van der Waals surface area contributed by atoms with Gasteiger partial charge in [-0.05, 0) is 49.2 Å². The fourth-order valence-electron chi connectivity index (χ4n) is 3.59. The third kappa shape index (κ3) is 4.25. The van der Waals surface area contributed by atoms with Gasteiger partial charge in [0.15, 0.2) is 11.6 Å². The normalized spacial score (nSPS) is 17.3. The predicted molar refractivity (Wildman–Crippen MR) is 118 cm³/mol. The Morgan fingerprint density at radius 1 is 1.15 bits per heavy atom. The summed E-state index contributed by atoms with van der Waals surface area (Å²) in [6.45, 7) is 3.47. The predicted octanol–water partition coefficient (Wildman–Crippen LogP) is 3.33. The van der Waals surface area contributed by atoms with Gasteiger partial charge in [0, 0.05) is 30.8 Å². The Labute approximate surface area is 189 Å². The van der Waals surface area contributed by atoms with Gasteiger partial charge in [0.25, 0.3) is 0 Å². The van der Waals surface area contributed by atoms with E-state index in [0.717, 1.165) is 23.5 Å². The summed E-state index contributed by atoms with van der Waals surface area (Å²) in [6.07, 6.45) is 3.59. The highest BCUT2D eigenvalue weighted by Crippen LogP contribution is 2.35. The molecule has 1 N–H and O–H groups in total. The van der Waals surface area contributed by atoms with Gasteiger partial charge in [0.1, 0.15) is 5.75 Å². The first-order valence-corrected chi connectivity index (χ1v) is 10.2. The third-order valence-electron chi connectivity index (χ3n) is 5.35. The first kappa shape index (κ1) is 22.3. The highest BCUT2D eigenvalue weighted by molar-refractivity contribution is 5.99. The van der Waals surface area contributed by atoms with Crippen molar-refractivity contribution in [1.82, 2.24) is 14.5 Å². The third-order valence-corrected chi connectivity index (χ3v) is 5.35. The Balaban J connectivity index is 1.63. The molecule has 2 heterocycles. The van der Waals surface area contributed by atoms with Crippen molar-refractivity contribution >= 4 is 5.84 Å². The van der Waals surface area contributed by atoms with Crippen LogP contribution in [0.25, 0.3) is 5.69 Å². The van der Waals surface area contributed by atoms with Gasteiger partial charge in [-0.25, -0.2) is 13.8 Å². The van der Waals surface area contributed by atoms with Gasteiger partial charge in [-0.3, -0.25) is 0 Å². The number of aryl methyl sites for hydroxylation is 1. The zero-order valence-electron chi connectivity index (χ0n) is 18.3. The SMILES string of the molecule is COc1cc(C#CC2=NOC(C)(c3ccc(F)c(F)c3)N2CCO)ccc1-n1cnc(C)c1. The maximum atomic E-state index is 13.8. The molecule has 0 radical (unpaired) electrons. The average molecular weight is 452 g/mol. The van der Waals surface area contributed by atoms with Crippen LogP contribution < -0.4 is 4.74 Å². The van der Waals surface area contributed by atoms with Crippen molar-refractivity contribution in [2.45, 2.75) is 19.6 Å². The van der Waals surface area contributed by atoms with Crippen LogP contribution in [0.3, 0.4) is 0 Å². The number of aliphatic hydroxyl groups excluding tert-OH is 1. The van der Waals surface area contributed by atoms with Crippen molar-refractivity contribution in [3.05, 3.63) is 77.4 Å². The largest absolute Gasteiger partial charge is 0.495 e. The van der Waals surface area contributed by atoms with E-state index in [1.807, 2.05) is 29.8 Å². The number of hydrogen-bond acceptors (Lipinski definition) is 6. The maximum Gasteiger partial charge on any atom is 0.235 e. The number of amidine groups is 1. The fraction of sp³-hybridized carbons (Fsp3) is 0.250. The number of aromatic nitrogens is 2. The van der Waals surface area contributed by atoms with Crippen LogP contribution in [-0.4, -0.2) is 45.7 Å². The maximum absolute atomic E-state index is 13.8. The first-order chi connectivity index (χ1) is 15.9. The van der Waals surface area contributed by atoms with Crippen molar-refractivity contribution in [1.29, 1.82) is 0 Å². The fourth-order valence-corrected chi connectivity index (χ4v) is 3.59. The van der Waals surface area contributed by atoms with E-state index in [1.54, 1.807) is 31.3 Å². The standard InChI is InChI=1S/C24H22F2N4O3/c1-16-14-29(15-27-16)21-8-4-17(12-22(21)32-3)5-9-23-28-33-24(2,30(23)10-11-31)18-6-7-19(25)20(26)13-18/h4,6-8,12-15,31H,10-11H2,1-3H3. The van der Waals surface area contributed by atoms with Gasteiger partial charge >= 0.3 is 0 Å². The lowest BCUT2D eigenvalue weighted by molar-refractivity contribution is -0.0934. The van der Waals surface area contributed by atoms with Crippen LogP contribution in [0, 0.1) is 30.4 Å². The molecule has 0 spiro atoms. The number of rotatable bonds is 5. The Kier molecular flexibility index (Phi) is 6.03. The number of hydrogen-bond donors (Lipinski definition) is 1. The van der Waals surface area contributed by atoms with E-state index >= 15 is 0 Å². The molecule has 1 aromatic heterocycles. The summed E-state index contributed by atoms with van der Waals surface area (Å²) in [5, 5.41) is 13.6. The molecule has 33 heavy (non-hydrogen) atoms. The molecule has 0 bridgehead atoms. The quantitative estimate of drug-likeness (QED) is 0.602. The second-order valence-electron chi connectivity index (χ2n) is 7.55. The van der Waals surface area contributed by atoms with Gasteiger partial charge in [0.05, 0.1) is 31.4 Å². The Bertz CT molecular complexity index is 1280. The summed E-state index contributed by atoms with van der Waals surface area (Å²) < 4.78 is 34.6. The molecule has 1 aliphatic rings. The molecule has 7 nitrogen and oxygen atoms in total. The molecule has 9 heteroatoms. The summed E-state index contributed by atoms with van der Waals surface area (Å²) in [5.41, 5.74) is 1.46. The summed E-state index contributed by atoms with van der Waals surface area (Å²) >= 11 is 0. The Morgan fingerprint density at radius 2 is 1.97 bits per heavy atom. The molecule has 0 aliphatic carbocycles. The molecular weight excluding hydrogens is 430 g/mol. The molecule has 1 aliphatic heterocycles. The molecule has 0 amide bonds. The van der Waals surface area contributed by atoms with Crippen molar-refractivity contribution in [3.8, 4) is 23.3 Å². The van der Waals surface area contributed by atoms with E-state index < -0.39 is 17.4 Å². The van der Waals surface area contributed by atoms with Crippen molar-refractivity contribution < 1.29 is 23.5 Å². The van der Waals surface area contributed by atoms with Crippen molar-refractivity contribution in [3.63, 3.8) is 0 Å². The highest BCUT2D eigenvalue weighted by atomic mass is 19.2. The van der Waals surface area contributed by atoms with Crippen molar-refractivity contribution in [2.24, 2.45) is 5.16 Å². The van der Waals surface area contributed by atoms with E-state index in [2.05, 4.69) is 22.0 Å². The lowest BCUT2D eigenvalue weighted by Gasteiger charge is -2.33. The second-order valence-corrected chi connectivity index (χ2v) is 7.55. The lowest BCUT2D eigenvalue weighted by atomic mass is 10.0. The first-order valence-electron chi connectivity index (χ1n) is 10.2. The van der Waals surface area contributed by atoms with Crippen LogP contribution in [-0.2, 0) is 10.6 Å². The minimum absolute atomic E-state index is 0.130. The van der Waals surface area contributed by atoms with Gasteiger partial charge in [-0.15, -0.1) is 0 Å². The summed E-state index contributed by atoms with van der Waals surface area (Å²) in [7, 11) is 1.57. The zero-order valence-corrected chi connectivity index (χ0v) is 18.3. The molecule has 0 saturated carbocycles. The number of halogens is 2. The summed E-state index contributed by atoms with van der Waals surface area (Å²) in [6, 6.07) is 8.98. The number of oxime groups is 1. The molecule has 1 atom stereocenters. The van der Waals surface area contributed by atoms with E-state index in [4.69, 9.17) is 9.57 Å². The van der Waals surface area contributed by atoms with Crippen LogP contribution in [0.4, 0.5) is 8.78 Å². The smallest absolute Gasteiger partial charge is 0.235 e. The van der Waals surface area contributed by atoms with Crippen LogP contribution in [0.5, 0.6) is 5.75 Å². The number of benzene rings is 2. The molecule has 1 unspecified atom stereocenters. The van der Waals surface area contributed by atoms with Crippen molar-refractivity contribution in [2.75, 3.05) is 20.3 Å². The molecule has 170 valence electrons. The molecule has 4 rings (SSSR count). The Morgan fingerprint density at radius 3 is 2.64 bits per heavy atom. The number of β-amino-alcohol motifs (C(OH)–C–C–N with tert-alkyl or cyclic N) is 1. The molecule has 2 aromatic carbocycles. The van der Waals surface area contributed by atoms with E-state index in [1.165, 1.54) is 6.07 Å². The zero-order chi connectivity index (χ0) is 23.6. The number of methoxy groups -OCH3 is 1. The van der Waals surface area contributed by atoms with Crippen LogP contribution in [0.1, 0.15) is 23.7 Å². The van der Waals surface area contributed by atoms with Gasteiger partial charge in [0.2, 0.25) is 11.6 Å². The van der Waals surface area contributed by atoms with E-state index in [-0.39, 0.29) is 19.0 Å². The van der Waals surface area contributed by atoms with Crippen LogP contribution in [0.15, 0.2) is 54.1 Å². The number of imidazole rings is 1. The molecule has 0 fully saturated rings. The van der Waals surface area contributed by atoms with E-state index in [0.29, 0.717) is 16.9 Å². The number of nitrogens with zero attached hydrogens (tertiary/aromatic N) is 4. The number of ether oxygens (including phenoxy) is 1. The Hall–Kier alpha value is -3.90. The minimum atomic E-state index is -1.25. The topological polar surface area (TPSA) is 72.1 Å². The summed E-state index contributed by atoms with van der Waals surface area (Å²) in [4.78, 5) is 11.4. The molecule has 3 aromatic rings. The number of aliphatic hydroxyl groups is 1. The van der Waals surface area contributed by atoms with Crippen LogP contribution in [0.2, 0.25) is 0 Å². The van der Waals surface area contributed by atoms with Crippen LogP contribution >= 0.6 is 0 Å². The molecule has 0 saturated heterocycles. The minimum Gasteiger partial charge on any atom is -0.495 e. The lowest BCUT2D eigenvalue weighted by Crippen LogP contribution is -2.45. The van der Waals surface area contributed by atoms with Gasteiger partial charge in [-0.1, -0.05) is 11.1 Å². The molecular formula is C24H22F2N4O3. The van der Waals surface area contributed by atoms with E-state index in [9.17, 15) is 13.9 Å². The monoisotopic (exact) mass is 452 g/mol. The average Bonchev–Trinajstić information content (AvgIpc) is 3.38. The second kappa shape index (κ2) is 8.92.